The van der Waals surface area contributed by atoms with E-state index in [0.29, 0.717) is 29.1 Å². The molecule has 1 amide bonds. The van der Waals surface area contributed by atoms with Gasteiger partial charge in [-0.1, -0.05) is 17.4 Å². The summed E-state index contributed by atoms with van der Waals surface area (Å²) in [6.07, 6.45) is 2.39. The molecule has 0 unspecified atom stereocenters. The summed E-state index contributed by atoms with van der Waals surface area (Å²) in [6.45, 7) is 0. The van der Waals surface area contributed by atoms with Gasteiger partial charge in [0, 0.05) is 18.5 Å². The van der Waals surface area contributed by atoms with Crippen molar-refractivity contribution >= 4 is 27.9 Å². The fourth-order valence-electron chi connectivity index (χ4n) is 1.81. The Labute approximate surface area is 123 Å². The summed E-state index contributed by atoms with van der Waals surface area (Å²) in [5.41, 5.74) is 1.14. The van der Waals surface area contributed by atoms with Crippen molar-refractivity contribution in [1.82, 2.24) is 19.8 Å². The van der Waals surface area contributed by atoms with Gasteiger partial charge < -0.3 is 5.32 Å². The summed E-state index contributed by atoms with van der Waals surface area (Å²) in [5, 5.41) is 24.3. The fourth-order valence-corrected chi connectivity index (χ4v) is 2.63. The number of carbonyl (C=O) groups is 1. The minimum atomic E-state index is -0.115. The lowest BCUT2D eigenvalue weighted by Crippen LogP contribution is -2.12. The molecule has 1 N–H and O–H groups in total. The Hall–Kier alpha value is -2.79. The number of amides is 1. The molecule has 2 aromatic heterocycles. The van der Waals surface area contributed by atoms with Gasteiger partial charge in [0.1, 0.15) is 11.3 Å². The van der Waals surface area contributed by atoms with Crippen molar-refractivity contribution in [3.63, 3.8) is 0 Å². The highest BCUT2D eigenvalue weighted by Crippen LogP contribution is 2.14. The Kier molecular flexibility index (Phi) is 3.57. The Morgan fingerprint density at radius 3 is 3.19 bits per heavy atom. The summed E-state index contributed by atoms with van der Waals surface area (Å²) >= 11 is 1.41. The summed E-state index contributed by atoms with van der Waals surface area (Å²) in [4.78, 5) is 12.6. The van der Waals surface area contributed by atoms with Gasteiger partial charge >= 0.3 is 0 Å². The quantitative estimate of drug-likeness (QED) is 0.789. The number of carbonyl (C=O) groups excluding carboxylic acids is 1. The predicted octanol–water partition coefficient (Wildman–Crippen LogP) is 1.63. The van der Waals surface area contributed by atoms with E-state index in [0.717, 1.165) is 5.01 Å². The molecule has 8 heteroatoms. The molecule has 3 aromatic rings. The second-order valence-electron chi connectivity index (χ2n) is 4.29. The van der Waals surface area contributed by atoms with Crippen LogP contribution < -0.4 is 5.32 Å². The van der Waals surface area contributed by atoms with E-state index >= 15 is 0 Å². The highest BCUT2D eigenvalue weighted by Gasteiger charge is 2.08. The van der Waals surface area contributed by atoms with Gasteiger partial charge in [-0.05, 0) is 18.2 Å². The third-order valence-corrected chi connectivity index (χ3v) is 3.74. The molecule has 1 aromatic carbocycles. The van der Waals surface area contributed by atoms with Crippen LogP contribution in [0.15, 0.2) is 30.6 Å². The van der Waals surface area contributed by atoms with Crippen LogP contribution in [0.2, 0.25) is 0 Å². The second-order valence-corrected chi connectivity index (χ2v) is 5.34. The smallest absolute Gasteiger partial charge is 0.234 e. The largest absolute Gasteiger partial charge is 0.326 e. The number of benzene rings is 1. The molecule has 0 saturated heterocycles. The molecule has 0 aliphatic rings. The van der Waals surface area contributed by atoms with Crippen molar-refractivity contribution in [2.24, 2.45) is 0 Å². The minimum absolute atomic E-state index is 0.115. The monoisotopic (exact) mass is 298 g/mol. The summed E-state index contributed by atoms with van der Waals surface area (Å²) in [6, 6.07) is 8.85. The summed E-state index contributed by atoms with van der Waals surface area (Å²) < 4.78 is 1.59. The van der Waals surface area contributed by atoms with Crippen LogP contribution >= 0.6 is 11.3 Å². The molecular formula is C13H10N6OS. The van der Waals surface area contributed by atoms with Gasteiger partial charge in [0.15, 0.2) is 0 Å². The molecule has 0 spiro atoms. The van der Waals surface area contributed by atoms with Crippen molar-refractivity contribution in [2.75, 3.05) is 5.32 Å². The first-order valence-electron chi connectivity index (χ1n) is 6.20. The lowest BCUT2D eigenvalue weighted by atomic mass is 10.2. The number of aryl methyl sites for hydroxylation is 1. The number of hydrogen-bond donors (Lipinski definition) is 1. The zero-order chi connectivity index (χ0) is 14.7. The molecule has 0 radical (unpaired) electrons. The third kappa shape index (κ3) is 3.04. The van der Waals surface area contributed by atoms with E-state index in [2.05, 4.69) is 20.6 Å². The summed E-state index contributed by atoms with van der Waals surface area (Å²) in [5.74, 6) is -0.115. The Balaban J connectivity index is 1.59. The zero-order valence-electron chi connectivity index (χ0n) is 10.9. The van der Waals surface area contributed by atoms with E-state index in [1.165, 1.54) is 17.7 Å². The van der Waals surface area contributed by atoms with Crippen LogP contribution in [0.3, 0.4) is 0 Å². The first kappa shape index (κ1) is 13.2. The van der Waals surface area contributed by atoms with Crippen LogP contribution in [0.1, 0.15) is 17.0 Å². The van der Waals surface area contributed by atoms with Gasteiger partial charge in [0.25, 0.3) is 0 Å². The van der Waals surface area contributed by atoms with Crippen LogP contribution in [0.4, 0.5) is 5.69 Å². The normalized spacial score (nSPS) is 10.4. The molecule has 0 bridgehead atoms. The number of hydrogen-bond acceptors (Lipinski definition) is 6. The van der Waals surface area contributed by atoms with Crippen LogP contribution in [0.5, 0.6) is 0 Å². The van der Waals surface area contributed by atoms with Gasteiger partial charge in [-0.2, -0.15) is 14.9 Å². The molecule has 0 aliphatic heterocycles. The standard InChI is InChI=1S/C13H10N6OS/c14-7-9-2-1-3-10(6-9)16-11(20)4-5-12-18-19-8-15-17-13(19)21-12/h1-3,6,8H,4-5H2,(H,16,20). The highest BCUT2D eigenvalue weighted by molar-refractivity contribution is 7.16. The van der Waals surface area contributed by atoms with Gasteiger partial charge in [0.05, 0.1) is 11.6 Å². The van der Waals surface area contributed by atoms with E-state index in [4.69, 9.17) is 5.26 Å². The number of aromatic nitrogens is 4. The first-order chi connectivity index (χ1) is 10.2. The lowest BCUT2D eigenvalue weighted by molar-refractivity contribution is -0.116. The average molecular weight is 298 g/mol. The predicted molar refractivity (Wildman–Crippen MR) is 76.8 cm³/mol. The Morgan fingerprint density at radius 2 is 2.38 bits per heavy atom. The number of anilines is 1. The van der Waals surface area contributed by atoms with E-state index in [1.807, 2.05) is 6.07 Å². The zero-order valence-corrected chi connectivity index (χ0v) is 11.7. The van der Waals surface area contributed by atoms with Crippen molar-refractivity contribution < 1.29 is 4.79 Å². The van der Waals surface area contributed by atoms with Crippen molar-refractivity contribution in [1.29, 1.82) is 5.26 Å². The molecule has 0 saturated carbocycles. The molecular weight excluding hydrogens is 288 g/mol. The minimum Gasteiger partial charge on any atom is -0.326 e. The molecule has 7 nitrogen and oxygen atoms in total. The van der Waals surface area contributed by atoms with Gasteiger partial charge in [-0.3, -0.25) is 4.79 Å². The van der Waals surface area contributed by atoms with Gasteiger partial charge in [-0.25, -0.2) is 0 Å². The van der Waals surface area contributed by atoms with E-state index in [-0.39, 0.29) is 5.91 Å². The Bertz CT molecular complexity index is 802. The van der Waals surface area contributed by atoms with E-state index in [9.17, 15) is 4.79 Å². The Morgan fingerprint density at radius 1 is 1.48 bits per heavy atom. The molecule has 21 heavy (non-hydrogen) atoms. The second kappa shape index (κ2) is 5.68. The summed E-state index contributed by atoms with van der Waals surface area (Å²) in [7, 11) is 0. The van der Waals surface area contributed by atoms with E-state index < -0.39 is 0 Å². The maximum absolute atomic E-state index is 11.9. The van der Waals surface area contributed by atoms with Gasteiger partial charge in [0.2, 0.25) is 10.9 Å². The fraction of sp³-hybridized carbons (Fsp3) is 0.154. The SMILES string of the molecule is N#Cc1cccc(NC(=O)CCc2nn3cnnc3s2)c1. The lowest BCUT2D eigenvalue weighted by Gasteiger charge is -2.04. The number of nitrogens with one attached hydrogen (secondary N) is 1. The van der Waals surface area contributed by atoms with Crippen molar-refractivity contribution in [3.8, 4) is 6.07 Å². The first-order valence-corrected chi connectivity index (χ1v) is 7.02. The molecule has 0 atom stereocenters. The topological polar surface area (TPSA) is 96.0 Å². The number of rotatable bonds is 4. The van der Waals surface area contributed by atoms with Crippen LogP contribution in [-0.4, -0.2) is 25.7 Å². The number of nitriles is 1. The third-order valence-electron chi connectivity index (χ3n) is 2.77. The molecule has 0 aliphatic carbocycles. The van der Waals surface area contributed by atoms with Crippen LogP contribution in [0, 0.1) is 11.3 Å². The molecule has 2 heterocycles. The molecule has 104 valence electrons. The number of nitrogens with zero attached hydrogens (tertiary/aromatic N) is 5. The molecule has 0 fully saturated rings. The maximum Gasteiger partial charge on any atom is 0.234 e. The van der Waals surface area contributed by atoms with Crippen LogP contribution in [-0.2, 0) is 11.2 Å². The average Bonchev–Trinajstić information content (AvgIpc) is 3.06. The highest BCUT2D eigenvalue weighted by atomic mass is 32.1. The van der Waals surface area contributed by atoms with Crippen LogP contribution in [0.25, 0.3) is 4.96 Å². The molecule has 3 rings (SSSR count). The van der Waals surface area contributed by atoms with Crippen molar-refractivity contribution in [3.05, 3.63) is 41.2 Å². The maximum atomic E-state index is 11.9. The number of fused-ring (bicyclic) bond motifs is 1. The van der Waals surface area contributed by atoms with Gasteiger partial charge in [-0.15, -0.1) is 10.2 Å². The van der Waals surface area contributed by atoms with E-state index in [1.54, 1.807) is 28.8 Å². The van der Waals surface area contributed by atoms with Crippen molar-refractivity contribution in [2.45, 2.75) is 12.8 Å².